The first-order valence-corrected chi connectivity index (χ1v) is 9.46. The first-order valence-electron chi connectivity index (χ1n) is 8.21. The Morgan fingerprint density at radius 2 is 2.15 bits per heavy atom. The normalized spacial score (nSPS) is 17.7. The van der Waals surface area contributed by atoms with E-state index in [1.807, 2.05) is 31.2 Å². The van der Waals surface area contributed by atoms with E-state index in [2.05, 4.69) is 15.6 Å². The molecule has 0 radical (unpaired) electrons. The average Bonchev–Trinajstić information content (AvgIpc) is 2.94. The lowest BCUT2D eigenvalue weighted by atomic mass is 10.2. The summed E-state index contributed by atoms with van der Waals surface area (Å²) in [6.45, 7) is 1.97. The molecule has 0 aliphatic carbocycles. The van der Waals surface area contributed by atoms with Crippen molar-refractivity contribution in [2.75, 3.05) is 12.4 Å². The van der Waals surface area contributed by atoms with Gasteiger partial charge < -0.3 is 15.4 Å². The third-order valence-electron chi connectivity index (χ3n) is 3.82. The van der Waals surface area contributed by atoms with Crippen molar-refractivity contribution in [3.8, 4) is 5.75 Å². The van der Waals surface area contributed by atoms with E-state index in [1.54, 1.807) is 18.2 Å². The summed E-state index contributed by atoms with van der Waals surface area (Å²) in [6, 6.07) is 12.6. The van der Waals surface area contributed by atoms with Gasteiger partial charge in [0, 0.05) is 12.1 Å². The second-order valence-corrected chi connectivity index (χ2v) is 7.55. The molecule has 0 bridgehead atoms. The number of amidine groups is 1. The van der Waals surface area contributed by atoms with Gasteiger partial charge >= 0.3 is 0 Å². The van der Waals surface area contributed by atoms with Crippen LogP contribution >= 0.6 is 23.4 Å². The van der Waals surface area contributed by atoms with E-state index in [4.69, 9.17) is 16.3 Å². The van der Waals surface area contributed by atoms with E-state index in [0.29, 0.717) is 21.6 Å². The Morgan fingerprint density at radius 1 is 1.33 bits per heavy atom. The van der Waals surface area contributed by atoms with Gasteiger partial charge in [0.15, 0.2) is 5.17 Å². The predicted octanol–water partition coefficient (Wildman–Crippen LogP) is 3.90. The molecule has 140 valence electrons. The number of aliphatic imine (C=N–C) groups is 1. The third kappa shape index (κ3) is 5.02. The second-order valence-electron chi connectivity index (χ2n) is 5.95. The molecule has 6 nitrogen and oxygen atoms in total. The first kappa shape index (κ1) is 19.3. The second kappa shape index (κ2) is 8.45. The van der Waals surface area contributed by atoms with E-state index >= 15 is 0 Å². The molecule has 27 heavy (non-hydrogen) atoms. The molecule has 0 aromatic heterocycles. The quantitative estimate of drug-likeness (QED) is 0.793. The number of aryl methyl sites for hydroxylation is 1. The topological polar surface area (TPSA) is 79.8 Å². The minimum Gasteiger partial charge on any atom is -0.495 e. The molecule has 8 heteroatoms. The van der Waals surface area contributed by atoms with Crippen LogP contribution in [0.2, 0.25) is 5.02 Å². The van der Waals surface area contributed by atoms with E-state index < -0.39 is 5.25 Å². The van der Waals surface area contributed by atoms with Gasteiger partial charge in [0.1, 0.15) is 11.0 Å². The Bertz CT molecular complexity index is 917. The van der Waals surface area contributed by atoms with Gasteiger partial charge in [-0.1, -0.05) is 35.5 Å². The number of hydrogen-bond acceptors (Lipinski definition) is 5. The summed E-state index contributed by atoms with van der Waals surface area (Å²) in [7, 11) is 1.52. The van der Waals surface area contributed by atoms with Crippen LogP contribution in [0.1, 0.15) is 12.0 Å². The maximum Gasteiger partial charge on any atom is 0.240 e. The molecular formula is C19H18ClN3O3S. The number of ether oxygens (including phenoxy) is 1. The smallest absolute Gasteiger partial charge is 0.240 e. The van der Waals surface area contributed by atoms with Crippen molar-refractivity contribution in [2.45, 2.75) is 18.6 Å². The molecule has 2 aromatic rings. The number of carbonyl (C=O) groups is 2. The highest BCUT2D eigenvalue weighted by Crippen LogP contribution is 2.28. The summed E-state index contributed by atoms with van der Waals surface area (Å²) in [5.41, 5.74) is 2.39. The molecule has 1 fully saturated rings. The van der Waals surface area contributed by atoms with Gasteiger partial charge in [0.2, 0.25) is 11.8 Å². The van der Waals surface area contributed by atoms with Crippen LogP contribution in [0.3, 0.4) is 0 Å². The Balaban J connectivity index is 1.61. The zero-order valence-electron chi connectivity index (χ0n) is 14.8. The zero-order valence-corrected chi connectivity index (χ0v) is 16.4. The van der Waals surface area contributed by atoms with E-state index in [-0.39, 0.29) is 18.2 Å². The zero-order chi connectivity index (χ0) is 19.4. The predicted molar refractivity (Wildman–Crippen MR) is 109 cm³/mol. The monoisotopic (exact) mass is 403 g/mol. The van der Waals surface area contributed by atoms with E-state index in [9.17, 15) is 9.59 Å². The number of nitrogens with zero attached hydrogens (tertiary/aromatic N) is 1. The van der Waals surface area contributed by atoms with Gasteiger partial charge in [0.05, 0.1) is 17.8 Å². The van der Waals surface area contributed by atoms with Crippen LogP contribution < -0.4 is 15.4 Å². The molecule has 1 aliphatic rings. The number of rotatable bonds is 5. The highest BCUT2D eigenvalue weighted by molar-refractivity contribution is 8.15. The van der Waals surface area contributed by atoms with Gasteiger partial charge in [-0.15, -0.1) is 0 Å². The highest BCUT2D eigenvalue weighted by Gasteiger charge is 2.32. The lowest BCUT2D eigenvalue weighted by Crippen LogP contribution is -2.28. The molecule has 2 amide bonds. The van der Waals surface area contributed by atoms with Gasteiger partial charge in [-0.3, -0.25) is 9.59 Å². The molecule has 1 heterocycles. The number of methoxy groups -OCH3 is 1. The lowest BCUT2D eigenvalue weighted by molar-refractivity contribution is -0.122. The van der Waals surface area contributed by atoms with Gasteiger partial charge in [-0.05, 0) is 42.8 Å². The number of thioether (sulfide) groups is 1. The number of nitrogens with one attached hydrogen (secondary N) is 2. The minimum atomic E-state index is -0.526. The molecule has 0 spiro atoms. The molecule has 2 N–H and O–H groups in total. The fourth-order valence-electron chi connectivity index (χ4n) is 2.53. The number of amides is 2. The van der Waals surface area contributed by atoms with Crippen molar-refractivity contribution in [2.24, 2.45) is 4.99 Å². The fraction of sp³-hybridized carbons (Fsp3) is 0.211. The van der Waals surface area contributed by atoms with Crippen LogP contribution in [0.4, 0.5) is 11.4 Å². The van der Waals surface area contributed by atoms with E-state index in [0.717, 1.165) is 11.3 Å². The van der Waals surface area contributed by atoms with Crippen molar-refractivity contribution < 1.29 is 14.3 Å². The Labute approximate surface area is 166 Å². The van der Waals surface area contributed by atoms with Crippen molar-refractivity contribution in [3.05, 3.63) is 53.1 Å². The molecule has 3 rings (SSSR count). The highest BCUT2D eigenvalue weighted by atomic mass is 35.5. The average molecular weight is 404 g/mol. The van der Waals surface area contributed by atoms with Crippen molar-refractivity contribution in [3.63, 3.8) is 0 Å². The first-order chi connectivity index (χ1) is 12.9. The molecule has 1 aliphatic heterocycles. The number of benzene rings is 2. The maximum atomic E-state index is 12.3. The molecule has 0 unspecified atom stereocenters. The van der Waals surface area contributed by atoms with Crippen LogP contribution in [-0.2, 0) is 9.59 Å². The Kier molecular flexibility index (Phi) is 6.03. The maximum absolute atomic E-state index is 12.3. The number of carbonyl (C=O) groups excluding carboxylic acids is 2. The fourth-order valence-corrected chi connectivity index (χ4v) is 3.78. The van der Waals surface area contributed by atoms with Crippen molar-refractivity contribution >= 4 is 51.7 Å². The number of hydrogen-bond donors (Lipinski definition) is 2. The SMILES string of the molecule is COc1ccc(NC(=O)C[C@H]2SC(=Nc3cccc(C)c3)NC2=O)cc1Cl. The molecule has 1 saturated heterocycles. The van der Waals surface area contributed by atoms with Crippen LogP contribution in [0.25, 0.3) is 0 Å². The van der Waals surface area contributed by atoms with Gasteiger partial charge in [-0.25, -0.2) is 4.99 Å². The summed E-state index contributed by atoms with van der Waals surface area (Å²) in [6.07, 6.45) is 0.0347. The van der Waals surface area contributed by atoms with Gasteiger partial charge in [-0.2, -0.15) is 0 Å². The number of anilines is 1. The standard InChI is InChI=1S/C19H18ClN3O3S/c1-11-4-3-5-12(8-11)22-19-23-18(25)16(27-19)10-17(24)21-13-6-7-15(26-2)14(20)9-13/h3-9,16H,10H2,1-2H3,(H,21,24)(H,22,23,25)/t16-/m1/s1. The Hall–Kier alpha value is -2.51. The van der Waals surface area contributed by atoms with Crippen LogP contribution in [0.5, 0.6) is 5.75 Å². The van der Waals surface area contributed by atoms with Crippen LogP contribution in [-0.4, -0.2) is 29.3 Å². The minimum absolute atomic E-state index is 0.0347. The van der Waals surface area contributed by atoms with Crippen LogP contribution in [0.15, 0.2) is 47.5 Å². The largest absolute Gasteiger partial charge is 0.495 e. The van der Waals surface area contributed by atoms with Crippen molar-refractivity contribution in [1.29, 1.82) is 0 Å². The molecule has 0 saturated carbocycles. The van der Waals surface area contributed by atoms with Gasteiger partial charge in [0.25, 0.3) is 0 Å². The summed E-state index contributed by atoms with van der Waals surface area (Å²) < 4.78 is 5.08. The Morgan fingerprint density at radius 3 is 2.85 bits per heavy atom. The molecule has 2 aromatic carbocycles. The summed E-state index contributed by atoms with van der Waals surface area (Å²) in [5.74, 6) is 0.0207. The van der Waals surface area contributed by atoms with E-state index in [1.165, 1.54) is 18.9 Å². The molecular weight excluding hydrogens is 386 g/mol. The lowest BCUT2D eigenvalue weighted by Gasteiger charge is -2.09. The summed E-state index contributed by atoms with van der Waals surface area (Å²) in [5, 5.41) is 5.83. The number of halogens is 1. The molecule has 1 atom stereocenters. The van der Waals surface area contributed by atoms with Crippen molar-refractivity contribution in [1.82, 2.24) is 5.32 Å². The third-order valence-corrected chi connectivity index (χ3v) is 5.19. The summed E-state index contributed by atoms with van der Waals surface area (Å²) in [4.78, 5) is 28.8. The van der Waals surface area contributed by atoms with Crippen LogP contribution in [0, 0.1) is 6.92 Å². The summed E-state index contributed by atoms with van der Waals surface area (Å²) >= 11 is 7.30.